The van der Waals surface area contributed by atoms with Crippen molar-refractivity contribution in [2.24, 2.45) is 0 Å². The van der Waals surface area contributed by atoms with E-state index in [1.165, 1.54) is 0 Å². The Labute approximate surface area is 125 Å². The fraction of sp³-hybridized carbons (Fsp3) is 0.875. The van der Waals surface area contributed by atoms with Gasteiger partial charge in [0.1, 0.15) is 0 Å². The third kappa shape index (κ3) is 2.74. The number of hydrogen-bond acceptors (Lipinski definition) is 1. The first kappa shape index (κ1) is 23.4. The number of hydrogen-bond donors (Lipinski definition) is 1. The molecule has 0 aliphatic rings. The van der Waals surface area contributed by atoms with Crippen molar-refractivity contribution in [3.63, 3.8) is 0 Å². The van der Waals surface area contributed by atoms with E-state index in [0.29, 0.717) is 0 Å². The second-order valence-corrected chi connectivity index (χ2v) is 4.26. The van der Waals surface area contributed by atoms with Crippen molar-refractivity contribution in [3.05, 3.63) is 0 Å². The van der Waals surface area contributed by atoms with Gasteiger partial charge in [0.05, 0.1) is 0 Å². The second kappa shape index (κ2) is 5.46. The average Bonchev–Trinajstić information content (AvgIpc) is 2.33. The van der Waals surface area contributed by atoms with Gasteiger partial charge in [0.2, 0.25) is 0 Å². The minimum absolute atomic E-state index is 4.59. The summed E-state index contributed by atoms with van der Waals surface area (Å²) in [5.41, 5.74) is -8.56. The lowest BCUT2D eigenvalue weighted by atomic mass is 9.80. The van der Waals surface area contributed by atoms with Gasteiger partial charge in [0, 0.05) is 0 Å². The maximum Gasteiger partial charge on any atom is 0.460 e. The van der Waals surface area contributed by atoms with E-state index in [1.807, 2.05) is 0 Å². The monoisotopic (exact) mass is 414 g/mol. The molecule has 0 aliphatic heterocycles. The summed E-state index contributed by atoms with van der Waals surface area (Å²) in [7, 11) is 0. The van der Waals surface area contributed by atoms with Crippen LogP contribution in [0.2, 0.25) is 0 Å². The van der Waals surface area contributed by atoms with E-state index < -0.39 is 47.7 Å². The van der Waals surface area contributed by atoms with E-state index in [9.17, 15) is 70.7 Å². The van der Waals surface area contributed by atoms with Crippen molar-refractivity contribution in [1.82, 2.24) is 0 Å². The zero-order valence-electron chi connectivity index (χ0n) is 10.5. The highest BCUT2D eigenvalue weighted by atomic mass is 19.4. The van der Waals surface area contributed by atoms with Crippen LogP contribution in [0.25, 0.3) is 0 Å². The van der Waals surface area contributed by atoms with Crippen LogP contribution in [0.15, 0.2) is 0 Å². The van der Waals surface area contributed by atoms with Crippen LogP contribution in [0.5, 0.6) is 0 Å². The zero-order chi connectivity index (χ0) is 21.1. The van der Waals surface area contributed by atoms with E-state index in [2.05, 4.69) is 0 Å². The van der Waals surface area contributed by atoms with Crippen LogP contribution in [0.1, 0.15) is 0 Å². The summed E-state index contributed by atoms with van der Waals surface area (Å²) in [5, 5.41) is 7.69. The van der Waals surface area contributed by atoms with E-state index in [-0.39, 0.29) is 0 Å². The zero-order valence-corrected chi connectivity index (χ0v) is 10.5. The lowest BCUT2D eigenvalue weighted by Crippen LogP contribution is -2.78. The predicted octanol–water partition coefficient (Wildman–Crippen LogP) is 4.45. The van der Waals surface area contributed by atoms with Gasteiger partial charge in [-0.2, -0.15) is 61.5 Å². The number of halogens is 15. The van der Waals surface area contributed by atoms with Crippen LogP contribution >= 0.6 is 0 Å². The minimum atomic E-state index is -8.58. The van der Waals surface area contributed by atoms with Gasteiger partial charge in [-0.05, 0) is 0 Å². The molecule has 0 heterocycles. The molecule has 150 valence electrons. The molecule has 0 aromatic rings. The summed E-state index contributed by atoms with van der Waals surface area (Å²) in [6.07, 6.45) is -15.7. The summed E-state index contributed by atoms with van der Waals surface area (Å²) in [6, 6.07) is 0. The standard InChI is InChI=1S/C8HF15O2/c9-2(10,1(24)25)3(11,5(14,15)7(18,19)20)4(12,13)6(16,17)8(21,22)23/h(H,24,25). The third-order valence-electron chi connectivity index (χ3n) is 2.67. The number of carbonyl (C=O) groups is 1. The topological polar surface area (TPSA) is 37.3 Å². The fourth-order valence-corrected chi connectivity index (χ4v) is 1.33. The quantitative estimate of drug-likeness (QED) is 0.676. The molecular weight excluding hydrogens is 413 g/mol. The van der Waals surface area contributed by atoms with Gasteiger partial charge < -0.3 is 5.11 Å². The molecule has 1 atom stereocenters. The molecule has 0 rings (SSSR count). The molecule has 0 amide bonds. The molecule has 0 aliphatic carbocycles. The summed E-state index contributed by atoms with van der Waals surface area (Å²) in [4.78, 5) is 9.91. The first-order valence-electron chi connectivity index (χ1n) is 5.01. The maximum atomic E-state index is 13.6. The Balaban J connectivity index is 7.15. The smallest absolute Gasteiger partial charge is 0.460 e. The molecule has 0 aromatic heterocycles. The van der Waals surface area contributed by atoms with Crippen LogP contribution < -0.4 is 0 Å². The predicted molar refractivity (Wildman–Crippen MR) is 43.4 cm³/mol. The largest absolute Gasteiger partial charge is 0.477 e. The molecule has 0 spiro atoms. The van der Waals surface area contributed by atoms with Gasteiger partial charge in [-0.1, -0.05) is 0 Å². The minimum Gasteiger partial charge on any atom is -0.477 e. The first-order chi connectivity index (χ1) is 10.4. The van der Waals surface area contributed by atoms with E-state index in [1.54, 1.807) is 0 Å². The molecule has 0 fully saturated rings. The van der Waals surface area contributed by atoms with E-state index in [0.717, 1.165) is 0 Å². The molecule has 0 saturated carbocycles. The van der Waals surface area contributed by atoms with Gasteiger partial charge in [-0.25, -0.2) is 9.18 Å². The molecule has 25 heavy (non-hydrogen) atoms. The van der Waals surface area contributed by atoms with Crippen LogP contribution in [0, 0.1) is 0 Å². The second-order valence-electron chi connectivity index (χ2n) is 4.26. The number of alkyl halides is 15. The normalized spacial score (nSPS) is 18.0. The van der Waals surface area contributed by atoms with Crippen molar-refractivity contribution >= 4 is 5.97 Å². The van der Waals surface area contributed by atoms with Crippen LogP contribution in [-0.4, -0.2) is 52.8 Å². The van der Waals surface area contributed by atoms with Gasteiger partial charge in [0.15, 0.2) is 0 Å². The number of carboxylic acid groups (broad SMARTS) is 1. The van der Waals surface area contributed by atoms with E-state index >= 15 is 0 Å². The molecule has 0 radical (unpaired) electrons. The molecule has 1 N–H and O–H groups in total. The lowest BCUT2D eigenvalue weighted by molar-refractivity contribution is -0.448. The van der Waals surface area contributed by atoms with Crippen LogP contribution in [-0.2, 0) is 4.79 Å². The highest BCUT2D eigenvalue weighted by Crippen LogP contribution is 2.64. The van der Waals surface area contributed by atoms with E-state index in [4.69, 9.17) is 5.11 Å². The number of carboxylic acids is 1. The van der Waals surface area contributed by atoms with Crippen molar-refractivity contribution < 1.29 is 75.8 Å². The third-order valence-corrected chi connectivity index (χ3v) is 2.67. The summed E-state index contributed by atoms with van der Waals surface area (Å²) in [5.74, 6) is -37.5. The Bertz CT molecular complexity index is 529. The number of rotatable bonds is 5. The van der Waals surface area contributed by atoms with Crippen molar-refractivity contribution in [2.75, 3.05) is 0 Å². The first-order valence-corrected chi connectivity index (χ1v) is 5.01. The fourth-order valence-electron chi connectivity index (χ4n) is 1.33. The Morgan fingerprint density at radius 2 is 0.800 bits per heavy atom. The summed E-state index contributed by atoms with van der Waals surface area (Å²) in [6.45, 7) is 0. The van der Waals surface area contributed by atoms with Crippen LogP contribution in [0.4, 0.5) is 65.9 Å². The molecule has 1 unspecified atom stereocenters. The van der Waals surface area contributed by atoms with Gasteiger partial charge in [-0.3, -0.25) is 0 Å². The molecule has 17 heteroatoms. The Morgan fingerprint density at radius 1 is 0.520 bits per heavy atom. The number of aliphatic carboxylic acids is 1. The molecule has 0 aromatic carbocycles. The van der Waals surface area contributed by atoms with Crippen molar-refractivity contribution in [3.8, 4) is 0 Å². The molecule has 2 nitrogen and oxygen atoms in total. The van der Waals surface area contributed by atoms with Crippen molar-refractivity contribution in [1.29, 1.82) is 0 Å². The SMILES string of the molecule is O=C(O)C(F)(F)C(F)(C(F)(F)C(F)(F)F)C(F)(F)C(F)(F)C(F)(F)F. The summed E-state index contributed by atoms with van der Waals surface area (Å²) < 4.78 is 188. The highest BCUT2D eigenvalue weighted by Gasteiger charge is 2.97. The molecular formula is C8HF15O2. The molecule has 0 saturated heterocycles. The average molecular weight is 414 g/mol. The van der Waals surface area contributed by atoms with Crippen LogP contribution in [0.3, 0.4) is 0 Å². The Kier molecular flexibility index (Phi) is 5.11. The van der Waals surface area contributed by atoms with Gasteiger partial charge >= 0.3 is 47.7 Å². The van der Waals surface area contributed by atoms with Gasteiger partial charge in [0.25, 0.3) is 0 Å². The van der Waals surface area contributed by atoms with Gasteiger partial charge in [-0.15, -0.1) is 0 Å². The summed E-state index contributed by atoms with van der Waals surface area (Å²) >= 11 is 0. The molecule has 0 bridgehead atoms. The maximum absolute atomic E-state index is 13.6. The Hall–Kier alpha value is -1.58. The Morgan fingerprint density at radius 3 is 1.00 bits per heavy atom. The highest BCUT2D eigenvalue weighted by molar-refractivity contribution is 5.78. The lowest BCUT2D eigenvalue weighted by Gasteiger charge is -2.44. The van der Waals surface area contributed by atoms with Crippen molar-refractivity contribution in [2.45, 2.75) is 41.7 Å².